The van der Waals surface area contributed by atoms with Crippen molar-refractivity contribution in [2.75, 3.05) is 31.1 Å². The molecular formula is C34H49N3O5S2. The van der Waals surface area contributed by atoms with Crippen LogP contribution in [0.15, 0.2) is 30.4 Å². The number of amides is 1. The van der Waals surface area contributed by atoms with Crippen LogP contribution in [0.3, 0.4) is 0 Å². The third kappa shape index (κ3) is 9.78. The first-order chi connectivity index (χ1) is 20.9. The van der Waals surface area contributed by atoms with Crippen LogP contribution in [0.4, 0.5) is 0 Å². The number of thiazole rings is 1. The average Bonchev–Trinajstić information content (AvgIpc) is 3.65. The van der Waals surface area contributed by atoms with E-state index in [1.54, 1.807) is 11.3 Å². The molecule has 1 amide bonds. The van der Waals surface area contributed by atoms with Crippen molar-refractivity contribution in [3.05, 3.63) is 40.9 Å². The SMILES string of the molecule is C=C(CN1CCS(=O)(=O)CC1)C(=O)CC[C@@H](NC(=O)[C@@H](CC(=O)CCC)Cc1nc2ccc(C(C)C)cc2s1)C1CCCC1. The smallest absolute Gasteiger partial charge is 0.224 e. The highest BCUT2D eigenvalue weighted by atomic mass is 32.2. The van der Waals surface area contributed by atoms with Crippen LogP contribution in [-0.4, -0.2) is 73.0 Å². The van der Waals surface area contributed by atoms with Crippen LogP contribution in [0, 0.1) is 11.8 Å². The zero-order chi connectivity index (χ0) is 31.9. The Morgan fingerprint density at radius 3 is 2.48 bits per heavy atom. The average molecular weight is 644 g/mol. The minimum atomic E-state index is -2.99. The Labute approximate surface area is 267 Å². The maximum absolute atomic E-state index is 13.9. The van der Waals surface area contributed by atoms with Crippen LogP contribution in [0.25, 0.3) is 10.2 Å². The Morgan fingerprint density at radius 2 is 1.82 bits per heavy atom. The highest BCUT2D eigenvalue weighted by molar-refractivity contribution is 7.91. The fourth-order valence-corrected chi connectivity index (χ4v) is 8.75. The lowest BCUT2D eigenvalue weighted by Gasteiger charge is -2.28. The summed E-state index contributed by atoms with van der Waals surface area (Å²) in [5.74, 6) is 0.348. The van der Waals surface area contributed by atoms with Gasteiger partial charge in [0.2, 0.25) is 5.91 Å². The van der Waals surface area contributed by atoms with Crippen LogP contribution < -0.4 is 5.32 Å². The predicted octanol–water partition coefficient (Wildman–Crippen LogP) is 5.65. The molecule has 2 fully saturated rings. The van der Waals surface area contributed by atoms with E-state index in [1.165, 1.54) is 5.56 Å². The van der Waals surface area contributed by atoms with E-state index in [4.69, 9.17) is 4.98 Å². The lowest BCUT2D eigenvalue weighted by molar-refractivity contribution is -0.130. The molecule has 0 unspecified atom stereocenters. The van der Waals surface area contributed by atoms with Crippen LogP contribution in [0.2, 0.25) is 0 Å². The van der Waals surface area contributed by atoms with Crippen LogP contribution in [-0.2, 0) is 30.6 Å². The van der Waals surface area contributed by atoms with Crippen molar-refractivity contribution < 1.29 is 22.8 Å². The summed E-state index contributed by atoms with van der Waals surface area (Å²) in [6, 6.07) is 6.17. The molecule has 1 N–H and O–H groups in total. The van der Waals surface area contributed by atoms with Crippen molar-refractivity contribution in [1.29, 1.82) is 0 Å². The number of fused-ring (bicyclic) bond motifs is 1. The number of benzene rings is 1. The van der Waals surface area contributed by atoms with Crippen molar-refractivity contribution >= 4 is 48.9 Å². The highest BCUT2D eigenvalue weighted by Gasteiger charge is 2.31. The molecule has 242 valence electrons. The molecule has 44 heavy (non-hydrogen) atoms. The molecule has 0 bridgehead atoms. The first-order valence-corrected chi connectivity index (χ1v) is 18.9. The van der Waals surface area contributed by atoms with Crippen molar-refractivity contribution in [3.8, 4) is 0 Å². The van der Waals surface area contributed by atoms with Gasteiger partial charge in [-0.2, -0.15) is 0 Å². The number of hydrogen-bond donors (Lipinski definition) is 1. The molecular weight excluding hydrogens is 595 g/mol. The van der Waals surface area contributed by atoms with Gasteiger partial charge in [-0.3, -0.25) is 19.3 Å². The maximum Gasteiger partial charge on any atom is 0.224 e. The molecule has 2 atom stereocenters. The van der Waals surface area contributed by atoms with Gasteiger partial charge in [-0.25, -0.2) is 13.4 Å². The second kappa shape index (κ2) is 15.7. The zero-order valence-electron chi connectivity index (χ0n) is 26.6. The lowest BCUT2D eigenvalue weighted by Crippen LogP contribution is -2.44. The quantitative estimate of drug-likeness (QED) is 0.235. The summed E-state index contributed by atoms with van der Waals surface area (Å²) < 4.78 is 24.6. The number of nitrogens with one attached hydrogen (secondary N) is 1. The Bertz CT molecular complexity index is 1430. The number of rotatable bonds is 16. The number of carbonyl (C=O) groups excluding carboxylic acids is 3. The first kappa shape index (κ1) is 34.4. The van der Waals surface area contributed by atoms with E-state index in [2.05, 4.69) is 37.9 Å². The molecule has 1 aromatic carbocycles. The number of carbonyl (C=O) groups is 3. The zero-order valence-corrected chi connectivity index (χ0v) is 28.2. The Hall–Kier alpha value is -2.43. The number of ketones is 2. The molecule has 2 heterocycles. The summed E-state index contributed by atoms with van der Waals surface area (Å²) in [6.45, 7) is 11.5. The highest BCUT2D eigenvalue weighted by Crippen LogP contribution is 2.32. The Morgan fingerprint density at radius 1 is 1.11 bits per heavy atom. The van der Waals surface area contributed by atoms with Gasteiger partial charge < -0.3 is 5.32 Å². The molecule has 1 aromatic heterocycles. The largest absolute Gasteiger partial charge is 0.353 e. The van der Waals surface area contributed by atoms with E-state index >= 15 is 0 Å². The van der Waals surface area contributed by atoms with Gasteiger partial charge in [0.05, 0.1) is 32.6 Å². The van der Waals surface area contributed by atoms with E-state index < -0.39 is 15.8 Å². The fourth-order valence-electron chi connectivity index (χ4n) is 6.38. The molecule has 10 heteroatoms. The van der Waals surface area contributed by atoms with Crippen LogP contribution >= 0.6 is 11.3 Å². The van der Waals surface area contributed by atoms with Crippen LogP contribution in [0.5, 0.6) is 0 Å². The van der Waals surface area contributed by atoms with E-state index in [9.17, 15) is 22.8 Å². The second-order valence-corrected chi connectivity index (χ2v) is 16.5. The maximum atomic E-state index is 13.9. The monoisotopic (exact) mass is 643 g/mol. The molecule has 2 aliphatic rings. The summed E-state index contributed by atoms with van der Waals surface area (Å²) in [5.41, 5.74) is 2.66. The molecule has 8 nitrogen and oxygen atoms in total. The topological polar surface area (TPSA) is 114 Å². The third-order valence-corrected chi connectivity index (χ3v) is 11.8. The van der Waals surface area contributed by atoms with Gasteiger partial charge in [-0.05, 0) is 55.2 Å². The normalized spacial score (nSPS) is 18.8. The van der Waals surface area contributed by atoms with E-state index in [0.29, 0.717) is 56.3 Å². The molecule has 2 aromatic rings. The summed E-state index contributed by atoms with van der Waals surface area (Å²) in [6.07, 6.45) is 6.84. The molecule has 1 saturated heterocycles. The minimum Gasteiger partial charge on any atom is -0.353 e. The van der Waals surface area contributed by atoms with Crippen molar-refractivity contribution in [2.24, 2.45) is 11.8 Å². The summed E-state index contributed by atoms with van der Waals surface area (Å²) in [5, 5.41) is 4.16. The van der Waals surface area contributed by atoms with E-state index in [0.717, 1.165) is 47.3 Å². The number of aromatic nitrogens is 1. The third-order valence-electron chi connectivity index (χ3n) is 9.14. The van der Waals surface area contributed by atoms with Gasteiger partial charge in [-0.1, -0.05) is 46.3 Å². The summed E-state index contributed by atoms with van der Waals surface area (Å²) >= 11 is 1.60. The van der Waals surface area contributed by atoms with Crippen molar-refractivity contribution in [3.63, 3.8) is 0 Å². The molecule has 1 saturated carbocycles. The second-order valence-electron chi connectivity index (χ2n) is 13.0. The van der Waals surface area contributed by atoms with Gasteiger partial charge >= 0.3 is 0 Å². The van der Waals surface area contributed by atoms with Gasteiger partial charge in [0.25, 0.3) is 0 Å². The lowest BCUT2D eigenvalue weighted by atomic mass is 9.90. The number of sulfone groups is 1. The minimum absolute atomic E-state index is 0.0411. The van der Waals surface area contributed by atoms with E-state index in [-0.39, 0.29) is 47.9 Å². The van der Waals surface area contributed by atoms with Crippen LogP contribution in [0.1, 0.15) is 95.0 Å². The standard InChI is InChI=1S/C34H49N3O5S2/c1-5-8-28(38)19-27(21-33-35-30-12-11-26(23(2)3)20-32(30)43-33)34(40)36-29(25-9-6-7-10-25)13-14-31(39)24(4)22-37-15-17-44(41,42)18-16-37/h11-12,20,23,25,27,29H,4-10,13-19,21-22H2,1-3H3,(H,36,40)/t27-,29+/m0/s1. The van der Waals surface area contributed by atoms with Crippen molar-refractivity contribution in [2.45, 2.75) is 96.9 Å². The molecule has 0 radical (unpaired) electrons. The van der Waals surface area contributed by atoms with Gasteiger partial charge in [0.1, 0.15) is 5.78 Å². The molecule has 0 spiro atoms. The van der Waals surface area contributed by atoms with Gasteiger partial charge in [0, 0.05) is 56.9 Å². The van der Waals surface area contributed by atoms with Gasteiger partial charge in [-0.15, -0.1) is 11.3 Å². The number of Topliss-reactive ketones (excluding diaryl/α,β-unsaturated/α-hetero) is 2. The summed E-state index contributed by atoms with van der Waals surface area (Å²) in [7, 11) is -2.99. The Kier molecular flexibility index (Phi) is 12.3. The number of hydrogen-bond acceptors (Lipinski definition) is 8. The molecule has 4 rings (SSSR count). The summed E-state index contributed by atoms with van der Waals surface area (Å²) in [4.78, 5) is 46.5. The first-order valence-electron chi connectivity index (χ1n) is 16.3. The fraction of sp³-hybridized carbons (Fsp3) is 0.647. The van der Waals surface area contributed by atoms with Crippen molar-refractivity contribution in [1.82, 2.24) is 15.2 Å². The molecule has 1 aliphatic carbocycles. The molecule has 1 aliphatic heterocycles. The van der Waals surface area contributed by atoms with E-state index in [1.807, 2.05) is 17.9 Å². The van der Waals surface area contributed by atoms with Gasteiger partial charge in [0.15, 0.2) is 15.6 Å². The Balaban J connectivity index is 1.42. The number of nitrogens with zero attached hydrogens (tertiary/aromatic N) is 2. The predicted molar refractivity (Wildman–Crippen MR) is 178 cm³/mol.